The number of anilines is 1. The molecule has 0 atom stereocenters. The quantitative estimate of drug-likeness (QED) is 0.505. The summed E-state index contributed by atoms with van der Waals surface area (Å²) < 4.78 is 10.3. The van der Waals surface area contributed by atoms with Gasteiger partial charge < -0.3 is 25.4 Å². The molecule has 2 aromatic carbocycles. The van der Waals surface area contributed by atoms with E-state index in [2.05, 4.69) is 16.0 Å². The normalized spacial score (nSPS) is 10.8. The molecule has 0 aliphatic heterocycles. The van der Waals surface area contributed by atoms with Crippen LogP contribution in [0.1, 0.15) is 44.7 Å². The number of carbonyl (C=O) groups is 3. The number of benzene rings is 2. The maximum Gasteiger partial charge on any atom is 0.407 e. The lowest BCUT2D eigenvalue weighted by molar-refractivity contribution is -0.121. The van der Waals surface area contributed by atoms with Crippen molar-refractivity contribution < 1.29 is 23.9 Å². The van der Waals surface area contributed by atoms with Crippen LogP contribution in [0.2, 0.25) is 0 Å². The number of alkyl carbamates (subject to hydrolysis) is 1. The van der Waals surface area contributed by atoms with E-state index in [1.165, 1.54) is 0 Å². The zero-order valence-corrected chi connectivity index (χ0v) is 19.7. The lowest BCUT2D eigenvalue weighted by atomic mass is 10.1. The summed E-state index contributed by atoms with van der Waals surface area (Å²) in [5.41, 5.74) is 1.88. The largest absolute Gasteiger partial charge is 0.497 e. The van der Waals surface area contributed by atoms with Crippen LogP contribution in [0.25, 0.3) is 0 Å². The zero-order chi connectivity index (χ0) is 24.3. The Morgan fingerprint density at radius 3 is 2.39 bits per heavy atom. The van der Waals surface area contributed by atoms with Crippen molar-refractivity contribution in [3.05, 3.63) is 59.7 Å². The van der Waals surface area contributed by atoms with Gasteiger partial charge in [-0.05, 0) is 56.5 Å². The van der Waals surface area contributed by atoms with Crippen molar-refractivity contribution in [1.82, 2.24) is 10.6 Å². The molecule has 0 spiro atoms. The molecule has 0 heterocycles. The minimum Gasteiger partial charge on any atom is -0.497 e. The number of carbonyl (C=O) groups excluding carboxylic acids is 3. The fourth-order valence-corrected chi connectivity index (χ4v) is 2.97. The monoisotopic (exact) mass is 455 g/mol. The summed E-state index contributed by atoms with van der Waals surface area (Å²) in [4.78, 5) is 36.2. The van der Waals surface area contributed by atoms with E-state index in [1.54, 1.807) is 33.9 Å². The first kappa shape index (κ1) is 25.7. The number of para-hydroxylation sites is 1. The van der Waals surface area contributed by atoms with Crippen LogP contribution >= 0.6 is 0 Å². The molecular weight excluding hydrogens is 422 g/mol. The van der Waals surface area contributed by atoms with Gasteiger partial charge in [0.2, 0.25) is 11.8 Å². The van der Waals surface area contributed by atoms with Crippen LogP contribution in [0.5, 0.6) is 5.75 Å². The predicted octanol–water partition coefficient (Wildman–Crippen LogP) is 3.80. The summed E-state index contributed by atoms with van der Waals surface area (Å²) in [6, 6.07) is 14.9. The first-order chi connectivity index (χ1) is 15.7. The Hall–Kier alpha value is -3.55. The molecule has 2 rings (SSSR count). The molecule has 0 aliphatic carbocycles. The van der Waals surface area contributed by atoms with Gasteiger partial charge in [0.25, 0.3) is 0 Å². The van der Waals surface area contributed by atoms with Gasteiger partial charge in [-0.3, -0.25) is 9.59 Å². The molecule has 0 bridgehead atoms. The summed E-state index contributed by atoms with van der Waals surface area (Å²) >= 11 is 0. The number of rotatable bonds is 10. The summed E-state index contributed by atoms with van der Waals surface area (Å²) in [6.45, 7) is 5.75. The highest BCUT2D eigenvalue weighted by atomic mass is 16.6. The SMILES string of the molecule is COc1cccc(CCC(=O)Nc2ccccc2CNC(=O)CCNC(=O)OC(C)(C)C)c1. The molecular formula is C25H33N3O5. The maximum atomic E-state index is 12.5. The van der Waals surface area contributed by atoms with E-state index < -0.39 is 11.7 Å². The number of ether oxygens (including phenoxy) is 2. The molecule has 0 saturated carbocycles. The van der Waals surface area contributed by atoms with Crippen molar-refractivity contribution in [2.24, 2.45) is 0 Å². The van der Waals surface area contributed by atoms with Gasteiger partial charge in [0.05, 0.1) is 7.11 Å². The molecule has 0 radical (unpaired) electrons. The first-order valence-corrected chi connectivity index (χ1v) is 10.9. The molecule has 8 nitrogen and oxygen atoms in total. The van der Waals surface area contributed by atoms with E-state index in [9.17, 15) is 14.4 Å². The second-order valence-electron chi connectivity index (χ2n) is 8.51. The Bertz CT molecular complexity index is 953. The lowest BCUT2D eigenvalue weighted by Crippen LogP contribution is -2.35. The molecule has 0 aromatic heterocycles. The molecule has 0 saturated heterocycles. The summed E-state index contributed by atoms with van der Waals surface area (Å²) in [5.74, 6) is 0.429. The van der Waals surface area contributed by atoms with E-state index in [1.807, 2.05) is 42.5 Å². The van der Waals surface area contributed by atoms with Crippen molar-refractivity contribution in [2.45, 2.75) is 52.2 Å². The number of hydrogen-bond acceptors (Lipinski definition) is 5. The Labute approximate surface area is 195 Å². The predicted molar refractivity (Wildman–Crippen MR) is 127 cm³/mol. The van der Waals surface area contributed by atoms with Crippen molar-refractivity contribution in [3.8, 4) is 5.75 Å². The molecule has 0 unspecified atom stereocenters. The highest BCUT2D eigenvalue weighted by molar-refractivity contribution is 5.91. The Morgan fingerprint density at radius 2 is 1.67 bits per heavy atom. The molecule has 33 heavy (non-hydrogen) atoms. The van der Waals surface area contributed by atoms with E-state index in [4.69, 9.17) is 9.47 Å². The van der Waals surface area contributed by atoms with Crippen molar-refractivity contribution in [1.29, 1.82) is 0 Å². The van der Waals surface area contributed by atoms with E-state index in [-0.39, 0.29) is 31.3 Å². The zero-order valence-electron chi connectivity index (χ0n) is 19.7. The van der Waals surface area contributed by atoms with Gasteiger partial charge in [-0.1, -0.05) is 30.3 Å². The van der Waals surface area contributed by atoms with E-state index in [0.717, 1.165) is 16.9 Å². The van der Waals surface area contributed by atoms with Crippen LogP contribution in [0.3, 0.4) is 0 Å². The minimum atomic E-state index is -0.589. The molecule has 2 aromatic rings. The number of methoxy groups -OCH3 is 1. The lowest BCUT2D eigenvalue weighted by Gasteiger charge is -2.19. The van der Waals surface area contributed by atoms with Crippen molar-refractivity contribution >= 4 is 23.6 Å². The van der Waals surface area contributed by atoms with E-state index in [0.29, 0.717) is 18.5 Å². The number of nitrogens with one attached hydrogen (secondary N) is 3. The van der Waals surface area contributed by atoms with Crippen LogP contribution in [-0.4, -0.2) is 37.2 Å². The molecule has 0 aliphatic rings. The molecule has 8 heteroatoms. The molecule has 3 N–H and O–H groups in total. The van der Waals surface area contributed by atoms with Gasteiger partial charge in [0.1, 0.15) is 11.4 Å². The number of amides is 3. The average molecular weight is 456 g/mol. The number of aryl methyl sites for hydroxylation is 1. The molecule has 0 fully saturated rings. The van der Waals surface area contributed by atoms with Gasteiger partial charge in [-0.2, -0.15) is 0 Å². The Morgan fingerprint density at radius 1 is 0.909 bits per heavy atom. The minimum absolute atomic E-state index is 0.113. The first-order valence-electron chi connectivity index (χ1n) is 10.9. The summed E-state index contributed by atoms with van der Waals surface area (Å²) in [7, 11) is 1.61. The maximum absolute atomic E-state index is 12.5. The summed E-state index contributed by atoms with van der Waals surface area (Å²) in [6.07, 6.45) is 0.475. The van der Waals surface area contributed by atoms with Crippen LogP contribution in [0.15, 0.2) is 48.5 Å². The summed E-state index contributed by atoms with van der Waals surface area (Å²) in [5, 5.41) is 8.28. The van der Waals surface area contributed by atoms with Crippen molar-refractivity contribution in [2.75, 3.05) is 19.0 Å². The van der Waals surface area contributed by atoms with Gasteiger partial charge in [-0.15, -0.1) is 0 Å². The molecule has 178 valence electrons. The third-order valence-electron chi connectivity index (χ3n) is 4.56. The van der Waals surface area contributed by atoms with Gasteiger partial charge >= 0.3 is 6.09 Å². The second kappa shape index (κ2) is 12.5. The third kappa shape index (κ3) is 10.1. The van der Waals surface area contributed by atoms with E-state index >= 15 is 0 Å². The van der Waals surface area contributed by atoms with Crippen molar-refractivity contribution in [3.63, 3.8) is 0 Å². The fraction of sp³-hybridized carbons (Fsp3) is 0.400. The smallest absolute Gasteiger partial charge is 0.407 e. The highest BCUT2D eigenvalue weighted by Gasteiger charge is 2.16. The van der Waals surface area contributed by atoms with Crippen LogP contribution < -0.4 is 20.7 Å². The van der Waals surface area contributed by atoms with Crippen LogP contribution in [-0.2, 0) is 27.3 Å². The third-order valence-corrected chi connectivity index (χ3v) is 4.56. The topological polar surface area (TPSA) is 106 Å². The Kier molecular flexibility index (Phi) is 9.72. The second-order valence-corrected chi connectivity index (χ2v) is 8.51. The average Bonchev–Trinajstić information content (AvgIpc) is 2.76. The fourth-order valence-electron chi connectivity index (χ4n) is 2.97. The van der Waals surface area contributed by atoms with Gasteiger partial charge in [0, 0.05) is 31.6 Å². The van der Waals surface area contributed by atoms with Gasteiger partial charge in [0.15, 0.2) is 0 Å². The standard InChI is InChI=1S/C25H33N3O5/c1-25(2,3)33-24(31)26-15-14-22(29)27-17-19-9-5-6-11-21(19)28-23(30)13-12-18-8-7-10-20(16-18)32-4/h5-11,16H,12-15,17H2,1-4H3,(H,26,31)(H,27,29)(H,28,30). The van der Waals surface area contributed by atoms with Crippen LogP contribution in [0, 0.1) is 0 Å². The van der Waals surface area contributed by atoms with Crippen LogP contribution in [0.4, 0.5) is 10.5 Å². The highest BCUT2D eigenvalue weighted by Crippen LogP contribution is 2.17. The Balaban J connectivity index is 1.79. The number of hydrogen-bond donors (Lipinski definition) is 3. The van der Waals surface area contributed by atoms with Gasteiger partial charge in [-0.25, -0.2) is 4.79 Å². The molecule has 3 amide bonds.